The number of thiocarbonyl (C=S) groups is 1. The lowest BCUT2D eigenvalue weighted by Crippen LogP contribution is -2.21. The molecule has 4 rings (SSSR count). The smallest absolute Gasteiger partial charge is 0.263 e. The first-order valence-electron chi connectivity index (χ1n) is 9.00. The van der Waals surface area contributed by atoms with Gasteiger partial charge in [-0.15, -0.1) is 0 Å². The molecule has 7 nitrogen and oxygen atoms in total. The molecule has 0 fully saturated rings. The van der Waals surface area contributed by atoms with Gasteiger partial charge in [0.1, 0.15) is 4.91 Å². The van der Waals surface area contributed by atoms with E-state index in [4.69, 9.17) is 23.8 Å². The summed E-state index contributed by atoms with van der Waals surface area (Å²) in [5.74, 6) is -0.193. The Kier molecular flexibility index (Phi) is 5.89. The van der Waals surface area contributed by atoms with Crippen LogP contribution in [0.5, 0.6) is 0 Å². The normalized spacial score (nSPS) is 13.9. The van der Waals surface area contributed by atoms with Crippen LogP contribution in [0.2, 0.25) is 5.15 Å². The van der Waals surface area contributed by atoms with E-state index in [1.165, 1.54) is 24.3 Å². The summed E-state index contributed by atoms with van der Waals surface area (Å²) in [6, 6.07) is 7.17. The van der Waals surface area contributed by atoms with Gasteiger partial charge in [-0.1, -0.05) is 53.4 Å². The molecule has 0 radical (unpaired) electrons. The summed E-state index contributed by atoms with van der Waals surface area (Å²) in [5, 5.41) is 3.20. The molecule has 2 N–H and O–H groups in total. The highest BCUT2D eigenvalue weighted by molar-refractivity contribution is 7.99. The number of benzene rings is 1. The largest absolute Gasteiger partial charge is 0.302 e. The Morgan fingerprint density at radius 1 is 1.26 bits per heavy atom. The fourth-order valence-electron chi connectivity index (χ4n) is 2.95. The molecule has 0 saturated heterocycles. The molecule has 0 unspecified atom stereocenters. The van der Waals surface area contributed by atoms with Crippen LogP contribution in [0.3, 0.4) is 0 Å². The van der Waals surface area contributed by atoms with E-state index < -0.39 is 10.0 Å². The van der Waals surface area contributed by atoms with Gasteiger partial charge in [0, 0.05) is 30.0 Å². The lowest BCUT2D eigenvalue weighted by Gasteiger charge is -2.14. The van der Waals surface area contributed by atoms with Crippen molar-refractivity contribution in [3.8, 4) is 11.1 Å². The molecule has 2 heterocycles. The van der Waals surface area contributed by atoms with Crippen molar-refractivity contribution in [2.75, 3.05) is 10.0 Å². The van der Waals surface area contributed by atoms with E-state index in [1.807, 2.05) is 18.2 Å². The summed E-state index contributed by atoms with van der Waals surface area (Å²) in [7, 11) is -3.90. The van der Waals surface area contributed by atoms with Crippen molar-refractivity contribution in [1.82, 2.24) is 9.97 Å². The molecule has 158 valence electrons. The summed E-state index contributed by atoms with van der Waals surface area (Å²) < 4.78 is 29.0. The number of nitrogens with one attached hydrogen (secondary N) is 2. The molecule has 1 aliphatic rings. The molecule has 0 atom stereocenters. The number of sulfonamides is 1. The minimum absolute atomic E-state index is 0.0250. The van der Waals surface area contributed by atoms with Crippen LogP contribution in [0.15, 0.2) is 53.6 Å². The van der Waals surface area contributed by atoms with Gasteiger partial charge in [0.15, 0.2) is 10.3 Å². The molecule has 2 aromatic heterocycles. The SMILES string of the molecule is CC(=O)Nc1nc2ccc(-c3cnc(Cl)c(NS(=O)(=O)C4=CC=CCC4=S)c3)cc2s1. The predicted molar refractivity (Wildman–Crippen MR) is 129 cm³/mol. The molecular formula is C20H15ClN4O3S3. The van der Waals surface area contributed by atoms with Gasteiger partial charge < -0.3 is 5.32 Å². The highest BCUT2D eigenvalue weighted by Crippen LogP contribution is 2.33. The summed E-state index contributed by atoms with van der Waals surface area (Å²) in [6.07, 6.45) is 6.86. The number of halogens is 1. The highest BCUT2D eigenvalue weighted by atomic mass is 35.5. The summed E-state index contributed by atoms with van der Waals surface area (Å²) in [5.41, 5.74) is 2.36. The van der Waals surface area contributed by atoms with Crippen molar-refractivity contribution in [3.63, 3.8) is 0 Å². The summed E-state index contributed by atoms with van der Waals surface area (Å²) in [4.78, 5) is 20.1. The number of thiazole rings is 1. The molecule has 0 spiro atoms. The van der Waals surface area contributed by atoms with Crippen molar-refractivity contribution in [1.29, 1.82) is 0 Å². The van der Waals surface area contributed by atoms with E-state index in [2.05, 4.69) is 20.0 Å². The third kappa shape index (κ3) is 4.67. The number of allylic oxidation sites excluding steroid dienone is 4. The molecule has 0 saturated carbocycles. The second kappa shape index (κ2) is 8.46. The van der Waals surface area contributed by atoms with Crippen LogP contribution in [-0.4, -0.2) is 29.2 Å². The van der Waals surface area contributed by atoms with Gasteiger partial charge in [-0.05, 0) is 29.8 Å². The number of carbonyl (C=O) groups is 1. The summed E-state index contributed by atoms with van der Waals surface area (Å²) in [6.45, 7) is 1.42. The number of fused-ring (bicyclic) bond motifs is 1. The van der Waals surface area contributed by atoms with Gasteiger partial charge >= 0.3 is 0 Å². The molecule has 11 heteroatoms. The third-order valence-electron chi connectivity index (χ3n) is 4.34. The van der Waals surface area contributed by atoms with E-state index in [9.17, 15) is 13.2 Å². The van der Waals surface area contributed by atoms with E-state index >= 15 is 0 Å². The maximum absolute atomic E-state index is 12.8. The quantitative estimate of drug-likeness (QED) is 0.388. The van der Waals surface area contributed by atoms with Gasteiger partial charge in [-0.2, -0.15) is 0 Å². The van der Waals surface area contributed by atoms with Crippen LogP contribution in [0.4, 0.5) is 10.8 Å². The minimum atomic E-state index is -3.90. The Morgan fingerprint density at radius 2 is 2.06 bits per heavy atom. The average molecular weight is 491 g/mol. The van der Waals surface area contributed by atoms with Crippen LogP contribution in [0.25, 0.3) is 21.3 Å². The van der Waals surface area contributed by atoms with E-state index in [-0.39, 0.29) is 21.7 Å². The van der Waals surface area contributed by atoms with Crippen molar-refractivity contribution >= 4 is 77.0 Å². The minimum Gasteiger partial charge on any atom is -0.302 e. The Morgan fingerprint density at radius 3 is 2.81 bits per heavy atom. The zero-order valence-corrected chi connectivity index (χ0v) is 19.3. The first-order chi connectivity index (χ1) is 14.7. The lowest BCUT2D eigenvalue weighted by atomic mass is 10.1. The van der Waals surface area contributed by atoms with Crippen LogP contribution in [-0.2, 0) is 14.8 Å². The number of nitrogens with zero attached hydrogens (tertiary/aromatic N) is 2. The fraction of sp³-hybridized carbons (Fsp3) is 0.100. The number of rotatable bonds is 5. The van der Waals surface area contributed by atoms with Crippen LogP contribution in [0.1, 0.15) is 13.3 Å². The van der Waals surface area contributed by atoms with E-state index in [0.29, 0.717) is 22.0 Å². The molecule has 31 heavy (non-hydrogen) atoms. The zero-order valence-electron chi connectivity index (χ0n) is 16.0. The lowest BCUT2D eigenvalue weighted by molar-refractivity contribution is -0.114. The number of amides is 1. The monoisotopic (exact) mass is 490 g/mol. The van der Waals surface area contributed by atoms with E-state index in [0.717, 1.165) is 15.8 Å². The van der Waals surface area contributed by atoms with Crippen LogP contribution >= 0.6 is 35.2 Å². The number of aromatic nitrogens is 2. The number of carbonyl (C=O) groups excluding carboxylic acids is 1. The first-order valence-corrected chi connectivity index (χ1v) is 12.1. The van der Waals surface area contributed by atoms with Crippen LogP contribution in [0, 0.1) is 0 Å². The molecule has 0 aliphatic heterocycles. The molecule has 0 bridgehead atoms. The van der Waals surface area contributed by atoms with Crippen molar-refractivity contribution in [2.45, 2.75) is 13.3 Å². The summed E-state index contributed by atoms with van der Waals surface area (Å²) >= 11 is 12.7. The Hall–Kier alpha value is -2.66. The van der Waals surface area contributed by atoms with Gasteiger partial charge in [-0.3, -0.25) is 9.52 Å². The van der Waals surface area contributed by atoms with Gasteiger partial charge in [0.2, 0.25) is 5.91 Å². The maximum atomic E-state index is 12.8. The molecule has 1 amide bonds. The molecule has 3 aromatic rings. The second-order valence-electron chi connectivity index (χ2n) is 6.64. The fourth-order valence-corrected chi connectivity index (χ4v) is 5.80. The molecular weight excluding hydrogens is 476 g/mol. The maximum Gasteiger partial charge on any atom is 0.263 e. The Labute approximate surface area is 192 Å². The zero-order chi connectivity index (χ0) is 22.2. The second-order valence-corrected chi connectivity index (χ2v) is 10.2. The average Bonchev–Trinajstić information content (AvgIpc) is 3.10. The molecule has 1 aromatic carbocycles. The number of anilines is 2. The topological polar surface area (TPSA) is 101 Å². The first kappa shape index (κ1) is 21.6. The number of pyridine rings is 1. The van der Waals surface area contributed by atoms with E-state index in [1.54, 1.807) is 24.4 Å². The van der Waals surface area contributed by atoms with Gasteiger partial charge in [0.25, 0.3) is 10.0 Å². The Balaban J connectivity index is 1.67. The van der Waals surface area contributed by atoms with Crippen molar-refractivity contribution in [3.05, 3.63) is 58.7 Å². The highest BCUT2D eigenvalue weighted by Gasteiger charge is 2.23. The number of hydrogen-bond donors (Lipinski definition) is 2. The number of hydrogen-bond acceptors (Lipinski definition) is 7. The molecule has 1 aliphatic carbocycles. The standard InChI is InChI=1S/C20H15ClN4O3S3/c1-11(26)23-20-24-14-7-6-12(9-17(14)30-20)13-8-15(19(21)22-10-13)25-31(27,28)18-5-3-2-4-16(18)29/h2-3,5-10,25H,4H2,1H3,(H,23,24,26). The Bertz CT molecular complexity index is 1390. The predicted octanol–water partition coefficient (Wildman–Crippen LogP) is 4.93. The third-order valence-corrected chi connectivity index (χ3v) is 7.54. The van der Waals surface area contributed by atoms with Crippen molar-refractivity contribution < 1.29 is 13.2 Å². The van der Waals surface area contributed by atoms with Gasteiger partial charge in [-0.25, -0.2) is 18.4 Å². The van der Waals surface area contributed by atoms with Crippen LogP contribution < -0.4 is 10.0 Å². The van der Waals surface area contributed by atoms with Gasteiger partial charge in [0.05, 0.1) is 15.9 Å². The van der Waals surface area contributed by atoms with Crippen molar-refractivity contribution in [2.24, 2.45) is 0 Å².